The van der Waals surface area contributed by atoms with Crippen molar-refractivity contribution < 1.29 is 5.11 Å². The van der Waals surface area contributed by atoms with Crippen molar-refractivity contribution in [1.82, 2.24) is 24.6 Å². The number of aromatic nitrogens is 3. The monoisotopic (exact) mass is 438 g/mol. The highest BCUT2D eigenvalue weighted by Gasteiger charge is 2.24. The van der Waals surface area contributed by atoms with Gasteiger partial charge in [0.2, 0.25) is 0 Å². The maximum absolute atomic E-state index is 10.8. The van der Waals surface area contributed by atoms with E-state index in [0.29, 0.717) is 11.6 Å². The topological polar surface area (TPSA) is 89.5 Å². The summed E-state index contributed by atoms with van der Waals surface area (Å²) in [4.78, 5) is 11.2. The van der Waals surface area contributed by atoms with Gasteiger partial charge in [0.1, 0.15) is 6.23 Å². The highest BCUT2D eigenvalue weighted by Crippen LogP contribution is 2.27. The molecule has 0 radical (unpaired) electrons. The molecular weight excluding hydrogens is 412 g/mol. The summed E-state index contributed by atoms with van der Waals surface area (Å²) in [5, 5.41) is 23.2. The number of fused-ring (bicyclic) bond motifs is 1. The van der Waals surface area contributed by atoms with E-state index in [1.807, 2.05) is 72.4 Å². The van der Waals surface area contributed by atoms with Crippen LogP contribution < -0.4 is 5.32 Å². The minimum Gasteiger partial charge on any atom is -0.374 e. The number of nitrogens with one attached hydrogen (secondary N) is 1. The Morgan fingerprint density at radius 3 is 2.36 bits per heavy atom. The first-order chi connectivity index (χ1) is 16.2. The van der Waals surface area contributed by atoms with Gasteiger partial charge in [-0.05, 0) is 37.6 Å². The van der Waals surface area contributed by atoms with Crippen LogP contribution >= 0.6 is 0 Å². The molecule has 1 saturated heterocycles. The number of hydrogen-bond acceptors (Lipinski definition) is 6. The summed E-state index contributed by atoms with van der Waals surface area (Å²) in [5.41, 5.74) is 6.00. The number of benzene rings is 2. The smallest absolute Gasteiger partial charge is 0.155 e. The standard InChI is InChI=1S/C26H26N6O/c1-28-22-10-12-31(13-11-22)26(33)21-8-6-19(7-9-21)23-17-32-24(15-30-25(32)16-29-23)20-4-2-18(14-27)3-5-20/h2-9,15-17,22,26,28,33H,10-13H2,1H3. The number of hydrogen-bond donors (Lipinski definition) is 2. The van der Waals surface area contributed by atoms with Crippen LogP contribution in [0.1, 0.15) is 30.2 Å². The van der Waals surface area contributed by atoms with Gasteiger partial charge in [0.15, 0.2) is 5.65 Å². The van der Waals surface area contributed by atoms with E-state index in [1.165, 1.54) is 0 Å². The molecule has 166 valence electrons. The third-order valence-electron chi connectivity index (χ3n) is 6.49. The van der Waals surface area contributed by atoms with E-state index in [4.69, 9.17) is 5.26 Å². The molecule has 0 bridgehead atoms. The predicted molar refractivity (Wildman–Crippen MR) is 127 cm³/mol. The second kappa shape index (κ2) is 9.12. The molecule has 0 amide bonds. The van der Waals surface area contributed by atoms with Gasteiger partial charge in [-0.1, -0.05) is 36.4 Å². The van der Waals surface area contributed by atoms with E-state index in [9.17, 15) is 5.11 Å². The zero-order chi connectivity index (χ0) is 22.8. The fraction of sp³-hybridized carbons (Fsp3) is 0.269. The molecule has 7 nitrogen and oxygen atoms in total. The lowest BCUT2D eigenvalue weighted by molar-refractivity contribution is -0.0144. The summed E-state index contributed by atoms with van der Waals surface area (Å²) >= 11 is 0. The molecule has 1 atom stereocenters. The molecule has 2 aromatic heterocycles. The van der Waals surface area contributed by atoms with Gasteiger partial charge in [0, 0.05) is 36.5 Å². The Kier molecular flexibility index (Phi) is 5.88. The molecule has 1 aliphatic heterocycles. The van der Waals surface area contributed by atoms with E-state index in [1.54, 1.807) is 6.20 Å². The van der Waals surface area contributed by atoms with Gasteiger partial charge in [-0.15, -0.1) is 0 Å². The summed E-state index contributed by atoms with van der Waals surface area (Å²) in [6.45, 7) is 1.76. The Hall–Kier alpha value is -3.57. The lowest BCUT2D eigenvalue weighted by Crippen LogP contribution is -2.42. The SMILES string of the molecule is CNC1CCN(C(O)c2ccc(-c3cn4c(-c5ccc(C#N)cc5)cnc4cn3)cc2)CC1. The quantitative estimate of drug-likeness (QED) is 0.495. The summed E-state index contributed by atoms with van der Waals surface area (Å²) in [7, 11) is 2.00. The third kappa shape index (κ3) is 4.24. The number of nitrogens with zero attached hydrogens (tertiary/aromatic N) is 5. The van der Waals surface area contributed by atoms with Crippen molar-refractivity contribution in [2.45, 2.75) is 25.1 Å². The molecule has 2 N–H and O–H groups in total. The van der Waals surface area contributed by atoms with Crippen LogP contribution in [-0.4, -0.2) is 50.6 Å². The van der Waals surface area contributed by atoms with Gasteiger partial charge in [0.25, 0.3) is 0 Å². The second-order valence-corrected chi connectivity index (χ2v) is 8.43. The molecule has 7 heteroatoms. The number of rotatable bonds is 5. The van der Waals surface area contributed by atoms with Gasteiger partial charge in [-0.25, -0.2) is 4.98 Å². The molecule has 4 aromatic rings. The Labute approximate surface area is 193 Å². The number of nitriles is 1. The Bertz CT molecular complexity index is 1280. The highest BCUT2D eigenvalue weighted by atomic mass is 16.3. The van der Waals surface area contributed by atoms with E-state index < -0.39 is 6.23 Å². The van der Waals surface area contributed by atoms with Crippen molar-refractivity contribution in [3.8, 4) is 28.6 Å². The minimum atomic E-state index is -0.594. The first kappa shape index (κ1) is 21.3. The Morgan fingerprint density at radius 2 is 1.70 bits per heavy atom. The molecule has 5 rings (SSSR count). The lowest BCUT2D eigenvalue weighted by atomic mass is 10.0. The molecular formula is C26H26N6O. The third-order valence-corrected chi connectivity index (χ3v) is 6.49. The zero-order valence-electron chi connectivity index (χ0n) is 18.5. The second-order valence-electron chi connectivity index (χ2n) is 8.43. The Morgan fingerprint density at radius 1 is 1.00 bits per heavy atom. The molecule has 1 unspecified atom stereocenters. The summed E-state index contributed by atoms with van der Waals surface area (Å²) in [6.07, 6.45) is 7.05. The highest BCUT2D eigenvalue weighted by molar-refractivity contribution is 5.67. The van der Waals surface area contributed by atoms with E-state index >= 15 is 0 Å². The molecule has 0 spiro atoms. The molecule has 0 saturated carbocycles. The molecule has 1 fully saturated rings. The normalized spacial score (nSPS) is 16.0. The maximum Gasteiger partial charge on any atom is 0.155 e. The maximum atomic E-state index is 10.8. The number of imidazole rings is 1. The van der Waals surface area contributed by atoms with Gasteiger partial charge in [-0.2, -0.15) is 5.26 Å². The summed E-state index contributed by atoms with van der Waals surface area (Å²) < 4.78 is 2.01. The molecule has 1 aliphatic rings. The fourth-order valence-electron chi connectivity index (χ4n) is 4.44. The summed E-state index contributed by atoms with van der Waals surface area (Å²) in [5.74, 6) is 0. The summed E-state index contributed by atoms with van der Waals surface area (Å²) in [6, 6.07) is 18.1. The van der Waals surface area contributed by atoms with Crippen LogP contribution in [-0.2, 0) is 0 Å². The Balaban J connectivity index is 1.38. The van der Waals surface area contributed by atoms with Crippen molar-refractivity contribution in [2.24, 2.45) is 0 Å². The van der Waals surface area contributed by atoms with E-state index in [-0.39, 0.29) is 0 Å². The van der Waals surface area contributed by atoms with Crippen molar-refractivity contribution in [3.63, 3.8) is 0 Å². The van der Waals surface area contributed by atoms with Crippen molar-refractivity contribution >= 4 is 5.65 Å². The fourth-order valence-corrected chi connectivity index (χ4v) is 4.44. The molecule has 33 heavy (non-hydrogen) atoms. The minimum absolute atomic E-state index is 0.536. The molecule has 3 heterocycles. The van der Waals surface area contributed by atoms with Crippen LogP contribution in [0, 0.1) is 11.3 Å². The van der Waals surface area contributed by atoms with Crippen LogP contribution in [0.5, 0.6) is 0 Å². The number of aliphatic hydroxyl groups excluding tert-OH is 1. The van der Waals surface area contributed by atoms with Crippen LogP contribution in [0.3, 0.4) is 0 Å². The lowest BCUT2D eigenvalue weighted by Gasteiger charge is -2.35. The average Bonchev–Trinajstić information content (AvgIpc) is 3.32. The van der Waals surface area contributed by atoms with Gasteiger partial charge < -0.3 is 10.4 Å². The number of piperidine rings is 1. The van der Waals surface area contributed by atoms with Crippen LogP contribution in [0.2, 0.25) is 0 Å². The van der Waals surface area contributed by atoms with Gasteiger partial charge >= 0.3 is 0 Å². The van der Waals surface area contributed by atoms with E-state index in [2.05, 4.69) is 26.3 Å². The molecule has 0 aliphatic carbocycles. The zero-order valence-corrected chi connectivity index (χ0v) is 18.5. The van der Waals surface area contributed by atoms with E-state index in [0.717, 1.165) is 59.7 Å². The first-order valence-electron chi connectivity index (χ1n) is 11.2. The number of aliphatic hydroxyl groups is 1. The van der Waals surface area contributed by atoms with Crippen LogP contribution in [0.15, 0.2) is 67.1 Å². The largest absolute Gasteiger partial charge is 0.374 e. The number of likely N-dealkylation sites (tertiary alicyclic amines) is 1. The van der Waals surface area contributed by atoms with Crippen molar-refractivity contribution in [1.29, 1.82) is 5.26 Å². The van der Waals surface area contributed by atoms with Crippen LogP contribution in [0.25, 0.3) is 28.2 Å². The first-order valence-corrected chi connectivity index (χ1v) is 11.2. The predicted octanol–water partition coefficient (Wildman–Crippen LogP) is 3.61. The van der Waals surface area contributed by atoms with Crippen molar-refractivity contribution in [3.05, 3.63) is 78.2 Å². The van der Waals surface area contributed by atoms with Crippen LogP contribution in [0.4, 0.5) is 0 Å². The van der Waals surface area contributed by atoms with Gasteiger partial charge in [0.05, 0.1) is 35.4 Å². The van der Waals surface area contributed by atoms with Crippen molar-refractivity contribution in [2.75, 3.05) is 20.1 Å². The average molecular weight is 439 g/mol. The van der Waals surface area contributed by atoms with Gasteiger partial charge in [-0.3, -0.25) is 14.3 Å². The molecule has 2 aromatic carbocycles.